The molecule has 0 radical (unpaired) electrons. The van der Waals surface area contributed by atoms with Gasteiger partial charge in [-0.2, -0.15) is 0 Å². The topological polar surface area (TPSA) is 52.8 Å². The first-order chi connectivity index (χ1) is 9.24. The van der Waals surface area contributed by atoms with Gasteiger partial charge < -0.3 is 9.47 Å². The molecule has 5 heteroatoms. The number of rotatable bonds is 2. The van der Waals surface area contributed by atoms with E-state index in [1.165, 1.54) is 7.11 Å². The number of methoxy groups -OCH3 is 2. The molecule has 96 valence electrons. The number of hydrogen-bond donors (Lipinski definition) is 0. The summed E-state index contributed by atoms with van der Waals surface area (Å²) in [5, 5.41) is 0.490. The fourth-order valence-electron chi connectivity index (χ4n) is 2.10. The lowest BCUT2D eigenvalue weighted by Crippen LogP contribution is -2.08. The molecule has 0 N–H and O–H groups in total. The van der Waals surface area contributed by atoms with Crippen molar-refractivity contribution in [3.8, 4) is 11.5 Å². The van der Waals surface area contributed by atoms with E-state index in [1.807, 2.05) is 12.1 Å². The third-order valence-electron chi connectivity index (χ3n) is 3.07. The zero-order valence-electron chi connectivity index (χ0n) is 10.6. The van der Waals surface area contributed by atoms with Crippen molar-refractivity contribution >= 4 is 16.4 Å². The van der Waals surface area contributed by atoms with Gasteiger partial charge in [-0.15, -0.1) is 0 Å². The Labute approximate surface area is 109 Å². The molecule has 0 bridgehead atoms. The minimum atomic E-state index is -0.131. The van der Waals surface area contributed by atoms with Crippen LogP contribution in [0.3, 0.4) is 0 Å². The Balaban J connectivity index is 2.51. The van der Waals surface area contributed by atoms with Gasteiger partial charge >= 0.3 is 0 Å². The van der Waals surface area contributed by atoms with Crippen molar-refractivity contribution < 1.29 is 9.47 Å². The summed E-state index contributed by atoms with van der Waals surface area (Å²) >= 11 is 0. The Hall–Kier alpha value is -2.56. The van der Waals surface area contributed by atoms with Crippen molar-refractivity contribution in [2.45, 2.75) is 0 Å². The minimum Gasteiger partial charge on any atom is -0.493 e. The highest BCUT2D eigenvalue weighted by Crippen LogP contribution is 2.29. The van der Waals surface area contributed by atoms with Crippen LogP contribution in [0.25, 0.3) is 16.4 Å². The smallest absolute Gasteiger partial charge is 0.264 e. The molecule has 0 fully saturated rings. The van der Waals surface area contributed by atoms with Gasteiger partial charge in [0.2, 0.25) is 0 Å². The third kappa shape index (κ3) is 1.71. The molecular formula is C14H12N2O3. The van der Waals surface area contributed by atoms with Gasteiger partial charge in [0.1, 0.15) is 0 Å². The van der Waals surface area contributed by atoms with Crippen molar-refractivity contribution in [1.29, 1.82) is 0 Å². The Morgan fingerprint density at radius 2 is 1.89 bits per heavy atom. The van der Waals surface area contributed by atoms with Crippen LogP contribution in [0.1, 0.15) is 0 Å². The van der Waals surface area contributed by atoms with Gasteiger partial charge in [-0.25, -0.2) is 0 Å². The van der Waals surface area contributed by atoms with Crippen LogP contribution < -0.4 is 15.0 Å². The van der Waals surface area contributed by atoms with Crippen LogP contribution >= 0.6 is 0 Å². The maximum Gasteiger partial charge on any atom is 0.264 e. The summed E-state index contributed by atoms with van der Waals surface area (Å²) in [5.41, 5.74) is 1.19. The molecule has 3 rings (SSSR count). The predicted octanol–water partition coefficient (Wildman–Crippen LogP) is 1.86. The van der Waals surface area contributed by atoms with Crippen LogP contribution in [0, 0.1) is 0 Å². The molecule has 0 unspecified atom stereocenters. The molecule has 0 saturated heterocycles. The van der Waals surface area contributed by atoms with Gasteiger partial charge in [0.05, 0.1) is 36.8 Å². The molecular weight excluding hydrogens is 244 g/mol. The second-order valence-corrected chi connectivity index (χ2v) is 4.09. The van der Waals surface area contributed by atoms with Gasteiger partial charge in [-0.3, -0.25) is 14.2 Å². The second-order valence-electron chi connectivity index (χ2n) is 4.09. The van der Waals surface area contributed by atoms with E-state index in [-0.39, 0.29) is 5.56 Å². The average Bonchev–Trinajstić information content (AvgIpc) is 2.87. The number of benzene rings is 1. The van der Waals surface area contributed by atoms with E-state index < -0.39 is 0 Å². The fourth-order valence-corrected chi connectivity index (χ4v) is 2.10. The second kappa shape index (κ2) is 4.28. The molecule has 19 heavy (non-hydrogen) atoms. The molecule has 2 aromatic heterocycles. The monoisotopic (exact) mass is 256 g/mol. The van der Waals surface area contributed by atoms with E-state index in [0.717, 1.165) is 5.52 Å². The van der Waals surface area contributed by atoms with Crippen molar-refractivity contribution in [2.75, 3.05) is 14.2 Å². The van der Waals surface area contributed by atoms with E-state index in [0.29, 0.717) is 22.4 Å². The van der Waals surface area contributed by atoms with Gasteiger partial charge in [0, 0.05) is 12.3 Å². The molecule has 0 aliphatic heterocycles. The predicted molar refractivity (Wildman–Crippen MR) is 72.1 cm³/mol. The van der Waals surface area contributed by atoms with Gasteiger partial charge in [-0.05, 0) is 18.2 Å². The number of ether oxygens (including phenoxy) is 2. The van der Waals surface area contributed by atoms with E-state index in [1.54, 1.807) is 36.0 Å². The molecule has 0 aliphatic carbocycles. The summed E-state index contributed by atoms with van der Waals surface area (Å²) in [7, 11) is 3.09. The normalized spacial score (nSPS) is 10.8. The van der Waals surface area contributed by atoms with Gasteiger partial charge in [0.15, 0.2) is 11.5 Å². The molecule has 0 saturated carbocycles. The number of aromatic nitrogens is 2. The molecule has 3 aromatic rings. The highest BCUT2D eigenvalue weighted by Gasteiger charge is 2.09. The van der Waals surface area contributed by atoms with Crippen LogP contribution in [0.5, 0.6) is 11.5 Å². The average molecular weight is 256 g/mol. The minimum absolute atomic E-state index is 0.131. The summed E-state index contributed by atoms with van der Waals surface area (Å²) in [6.45, 7) is 0. The van der Waals surface area contributed by atoms with Crippen LogP contribution in [0.4, 0.5) is 0 Å². The van der Waals surface area contributed by atoms with Crippen molar-refractivity contribution in [3.63, 3.8) is 0 Å². The van der Waals surface area contributed by atoms with E-state index in [9.17, 15) is 4.79 Å². The highest BCUT2D eigenvalue weighted by atomic mass is 16.5. The molecule has 0 spiro atoms. The summed E-state index contributed by atoms with van der Waals surface area (Å²) < 4.78 is 12.0. The molecule has 2 heterocycles. The van der Waals surface area contributed by atoms with E-state index in [2.05, 4.69) is 4.98 Å². The SMILES string of the molecule is COc1cc2ncc3cccn3c(=O)c2cc1OC. The summed E-state index contributed by atoms with van der Waals surface area (Å²) in [6.07, 6.45) is 3.38. The number of fused-ring (bicyclic) bond motifs is 2. The maximum atomic E-state index is 12.4. The standard InChI is InChI=1S/C14H12N2O3/c1-18-12-6-10-11(7-13(12)19-2)15-8-9-4-3-5-16(9)14(10)17/h3-8H,1-2H3. The Kier molecular flexibility index (Phi) is 2.59. The number of hydrogen-bond acceptors (Lipinski definition) is 4. The highest BCUT2D eigenvalue weighted by molar-refractivity contribution is 5.82. The van der Waals surface area contributed by atoms with Crippen LogP contribution in [-0.2, 0) is 0 Å². The Morgan fingerprint density at radius 3 is 2.63 bits per heavy atom. The quantitative estimate of drug-likeness (QED) is 0.702. The first-order valence-electron chi connectivity index (χ1n) is 5.76. The zero-order valence-corrected chi connectivity index (χ0v) is 10.6. The first kappa shape index (κ1) is 11.5. The van der Waals surface area contributed by atoms with Crippen LogP contribution in [0.2, 0.25) is 0 Å². The van der Waals surface area contributed by atoms with Gasteiger partial charge in [0.25, 0.3) is 5.56 Å². The lowest BCUT2D eigenvalue weighted by molar-refractivity contribution is 0.356. The zero-order chi connectivity index (χ0) is 13.4. The maximum absolute atomic E-state index is 12.4. The van der Waals surface area contributed by atoms with Crippen molar-refractivity contribution in [1.82, 2.24) is 9.38 Å². The molecule has 1 aromatic carbocycles. The van der Waals surface area contributed by atoms with Crippen LogP contribution in [-0.4, -0.2) is 23.6 Å². The Morgan fingerprint density at radius 1 is 1.16 bits per heavy atom. The van der Waals surface area contributed by atoms with E-state index in [4.69, 9.17) is 9.47 Å². The first-order valence-corrected chi connectivity index (χ1v) is 5.76. The summed E-state index contributed by atoms with van der Waals surface area (Å²) in [4.78, 5) is 16.8. The molecule has 0 amide bonds. The summed E-state index contributed by atoms with van der Waals surface area (Å²) in [6, 6.07) is 7.00. The molecule has 0 aliphatic rings. The van der Waals surface area contributed by atoms with Crippen LogP contribution in [0.15, 0.2) is 41.5 Å². The van der Waals surface area contributed by atoms with Gasteiger partial charge in [-0.1, -0.05) is 0 Å². The fraction of sp³-hybridized carbons (Fsp3) is 0.143. The summed E-state index contributed by atoms with van der Waals surface area (Å²) in [5.74, 6) is 1.07. The lowest BCUT2D eigenvalue weighted by Gasteiger charge is -2.06. The third-order valence-corrected chi connectivity index (χ3v) is 3.07. The van der Waals surface area contributed by atoms with Crippen molar-refractivity contribution in [2.24, 2.45) is 0 Å². The lowest BCUT2D eigenvalue weighted by atomic mass is 10.2. The van der Waals surface area contributed by atoms with E-state index >= 15 is 0 Å². The molecule has 0 atom stereocenters. The number of nitrogens with zero attached hydrogens (tertiary/aromatic N) is 2. The Bertz CT molecular complexity index is 824. The largest absolute Gasteiger partial charge is 0.493 e. The molecule has 5 nitrogen and oxygen atoms in total. The van der Waals surface area contributed by atoms with Crippen molar-refractivity contribution in [3.05, 3.63) is 47.0 Å².